The van der Waals surface area contributed by atoms with Crippen LogP contribution in [0.1, 0.15) is 18.9 Å². The summed E-state index contributed by atoms with van der Waals surface area (Å²) < 4.78 is 26.8. The lowest BCUT2D eigenvalue weighted by Crippen LogP contribution is -2.32. The van der Waals surface area contributed by atoms with E-state index in [1.54, 1.807) is 6.20 Å². The predicted molar refractivity (Wildman–Crippen MR) is 92.8 cm³/mol. The molecule has 0 saturated heterocycles. The highest BCUT2D eigenvalue weighted by Crippen LogP contribution is 2.17. The van der Waals surface area contributed by atoms with Gasteiger partial charge in [-0.1, -0.05) is 31.2 Å². The van der Waals surface area contributed by atoms with Crippen molar-refractivity contribution >= 4 is 33.3 Å². The van der Waals surface area contributed by atoms with Crippen LogP contribution in [0.15, 0.2) is 36.5 Å². The van der Waals surface area contributed by atoms with Crippen molar-refractivity contribution in [1.29, 1.82) is 0 Å². The van der Waals surface area contributed by atoms with E-state index in [0.29, 0.717) is 13.1 Å². The van der Waals surface area contributed by atoms with E-state index in [9.17, 15) is 8.42 Å². The van der Waals surface area contributed by atoms with E-state index in [1.165, 1.54) is 0 Å². The molecule has 0 amide bonds. The molecular formula is C15H22ClN3O2S. The average molecular weight is 344 g/mol. The second-order valence-electron chi connectivity index (χ2n) is 4.90. The fourth-order valence-corrected chi connectivity index (χ4v) is 3.29. The number of nitrogens with one attached hydrogen (secondary N) is 2. The highest BCUT2D eigenvalue weighted by atomic mass is 35.5. The van der Waals surface area contributed by atoms with Crippen molar-refractivity contribution in [2.24, 2.45) is 0 Å². The monoisotopic (exact) mass is 343 g/mol. The van der Waals surface area contributed by atoms with Gasteiger partial charge in [-0.2, -0.15) is 0 Å². The third-order valence-electron chi connectivity index (χ3n) is 3.11. The molecule has 0 aliphatic heterocycles. The largest absolute Gasteiger partial charge is 0.315 e. The van der Waals surface area contributed by atoms with Crippen LogP contribution in [-0.4, -0.2) is 33.0 Å². The van der Waals surface area contributed by atoms with Gasteiger partial charge in [-0.3, -0.25) is 4.98 Å². The maximum Gasteiger partial charge on any atom is 0.215 e. The van der Waals surface area contributed by atoms with Gasteiger partial charge in [0.1, 0.15) is 0 Å². The standard InChI is InChI=1S/C15H21N3O2S.ClH/c1-2-8-16-10-11-18-21(19,20)12-14-6-3-5-13-7-4-9-17-15(13)14;/h3-7,9,16,18H,2,8,10-12H2,1H3;1H. The number of fused-ring (bicyclic) bond motifs is 1. The molecule has 1 aromatic heterocycles. The van der Waals surface area contributed by atoms with Gasteiger partial charge in [0.05, 0.1) is 11.3 Å². The van der Waals surface area contributed by atoms with Crippen LogP contribution in [0.4, 0.5) is 0 Å². The number of pyridine rings is 1. The van der Waals surface area contributed by atoms with E-state index in [1.807, 2.05) is 30.3 Å². The smallest absolute Gasteiger partial charge is 0.215 e. The summed E-state index contributed by atoms with van der Waals surface area (Å²) in [4.78, 5) is 4.28. The number of nitrogens with zero attached hydrogens (tertiary/aromatic N) is 1. The van der Waals surface area contributed by atoms with E-state index in [-0.39, 0.29) is 18.2 Å². The average Bonchev–Trinajstić information content (AvgIpc) is 2.47. The number of hydrogen-bond acceptors (Lipinski definition) is 4. The Bertz CT molecular complexity index is 687. The predicted octanol–water partition coefficient (Wildman–Crippen LogP) is 2.08. The molecule has 0 aliphatic carbocycles. The summed E-state index contributed by atoms with van der Waals surface area (Å²) in [6.07, 6.45) is 2.72. The van der Waals surface area contributed by atoms with Crippen molar-refractivity contribution in [3.05, 3.63) is 42.1 Å². The fraction of sp³-hybridized carbons (Fsp3) is 0.400. The van der Waals surface area contributed by atoms with Gasteiger partial charge in [0.15, 0.2) is 0 Å². The Morgan fingerprint density at radius 3 is 2.64 bits per heavy atom. The zero-order valence-electron chi connectivity index (χ0n) is 12.6. The molecule has 7 heteroatoms. The number of sulfonamides is 1. The Morgan fingerprint density at radius 1 is 1.09 bits per heavy atom. The summed E-state index contributed by atoms with van der Waals surface area (Å²) in [7, 11) is -3.34. The molecule has 22 heavy (non-hydrogen) atoms. The zero-order valence-corrected chi connectivity index (χ0v) is 14.2. The summed E-state index contributed by atoms with van der Waals surface area (Å²) in [5, 5.41) is 4.12. The minimum Gasteiger partial charge on any atom is -0.315 e. The molecule has 0 atom stereocenters. The number of benzene rings is 1. The lowest BCUT2D eigenvalue weighted by Gasteiger charge is -2.09. The van der Waals surface area contributed by atoms with Crippen LogP contribution < -0.4 is 10.0 Å². The van der Waals surface area contributed by atoms with E-state index in [2.05, 4.69) is 21.9 Å². The van der Waals surface area contributed by atoms with Crippen molar-refractivity contribution < 1.29 is 8.42 Å². The third kappa shape index (κ3) is 5.53. The van der Waals surface area contributed by atoms with Crippen LogP contribution in [0.2, 0.25) is 0 Å². The number of halogens is 1. The SMILES string of the molecule is CCCNCCNS(=O)(=O)Cc1cccc2cccnc12.Cl. The first kappa shape index (κ1) is 18.8. The van der Waals surface area contributed by atoms with Gasteiger partial charge >= 0.3 is 0 Å². The highest BCUT2D eigenvalue weighted by molar-refractivity contribution is 7.88. The minimum absolute atomic E-state index is 0. The van der Waals surface area contributed by atoms with Crippen molar-refractivity contribution in [3.63, 3.8) is 0 Å². The molecular weight excluding hydrogens is 322 g/mol. The molecule has 0 fully saturated rings. The van der Waals surface area contributed by atoms with Gasteiger partial charge in [-0.25, -0.2) is 13.1 Å². The van der Waals surface area contributed by atoms with Crippen LogP contribution in [0.3, 0.4) is 0 Å². The molecule has 1 heterocycles. The number of rotatable bonds is 8. The van der Waals surface area contributed by atoms with Crippen LogP contribution in [0.25, 0.3) is 10.9 Å². The first-order valence-corrected chi connectivity index (χ1v) is 8.78. The Morgan fingerprint density at radius 2 is 1.86 bits per heavy atom. The molecule has 2 rings (SSSR count). The molecule has 122 valence electrons. The first-order valence-electron chi connectivity index (χ1n) is 7.13. The van der Waals surface area contributed by atoms with Crippen molar-refractivity contribution in [3.8, 4) is 0 Å². The van der Waals surface area contributed by atoms with Gasteiger partial charge in [-0.15, -0.1) is 12.4 Å². The maximum absolute atomic E-state index is 12.1. The van der Waals surface area contributed by atoms with Gasteiger partial charge in [0, 0.05) is 24.7 Å². The van der Waals surface area contributed by atoms with Gasteiger partial charge < -0.3 is 5.32 Å². The molecule has 0 unspecified atom stereocenters. The Balaban J connectivity index is 0.00000242. The zero-order chi connectivity index (χ0) is 15.1. The fourth-order valence-electron chi connectivity index (χ4n) is 2.14. The van der Waals surface area contributed by atoms with Crippen LogP contribution in [-0.2, 0) is 15.8 Å². The minimum atomic E-state index is -3.34. The summed E-state index contributed by atoms with van der Waals surface area (Å²) >= 11 is 0. The van der Waals surface area contributed by atoms with Crippen LogP contribution >= 0.6 is 12.4 Å². The van der Waals surface area contributed by atoms with E-state index in [4.69, 9.17) is 0 Å². The lowest BCUT2D eigenvalue weighted by molar-refractivity contribution is 0.575. The highest BCUT2D eigenvalue weighted by Gasteiger charge is 2.13. The van der Waals surface area contributed by atoms with Crippen LogP contribution in [0.5, 0.6) is 0 Å². The summed E-state index contributed by atoms with van der Waals surface area (Å²) in [6.45, 7) is 4.01. The van der Waals surface area contributed by atoms with Gasteiger partial charge in [-0.05, 0) is 24.6 Å². The third-order valence-corrected chi connectivity index (χ3v) is 4.45. The van der Waals surface area contributed by atoms with Gasteiger partial charge in [0.2, 0.25) is 10.0 Å². The normalized spacial score (nSPS) is 11.3. The maximum atomic E-state index is 12.1. The van der Waals surface area contributed by atoms with Crippen molar-refractivity contribution in [2.75, 3.05) is 19.6 Å². The molecule has 0 bridgehead atoms. The molecule has 0 saturated carbocycles. The number of para-hydroxylation sites is 1. The van der Waals surface area contributed by atoms with Crippen LogP contribution in [0, 0.1) is 0 Å². The lowest BCUT2D eigenvalue weighted by atomic mass is 10.1. The molecule has 2 N–H and O–H groups in total. The Hall–Kier alpha value is -1.21. The van der Waals surface area contributed by atoms with E-state index in [0.717, 1.165) is 29.4 Å². The molecule has 0 aliphatic rings. The molecule has 2 aromatic rings. The molecule has 0 spiro atoms. The summed E-state index contributed by atoms with van der Waals surface area (Å²) in [5.74, 6) is -0.0465. The molecule has 5 nitrogen and oxygen atoms in total. The number of hydrogen-bond donors (Lipinski definition) is 2. The van der Waals surface area contributed by atoms with Crippen molar-refractivity contribution in [2.45, 2.75) is 19.1 Å². The number of aromatic nitrogens is 1. The van der Waals surface area contributed by atoms with E-state index < -0.39 is 10.0 Å². The summed E-state index contributed by atoms with van der Waals surface area (Å²) in [6, 6.07) is 9.38. The second kappa shape index (κ2) is 9.05. The first-order chi connectivity index (χ1) is 10.1. The summed E-state index contributed by atoms with van der Waals surface area (Å²) in [5.41, 5.74) is 1.47. The Labute approximate surface area is 138 Å². The second-order valence-corrected chi connectivity index (χ2v) is 6.70. The Kier molecular flexibility index (Phi) is 7.75. The topological polar surface area (TPSA) is 71.1 Å². The molecule has 0 radical (unpaired) electrons. The van der Waals surface area contributed by atoms with Gasteiger partial charge in [0.25, 0.3) is 0 Å². The van der Waals surface area contributed by atoms with E-state index >= 15 is 0 Å². The molecule has 1 aromatic carbocycles. The quantitative estimate of drug-likeness (QED) is 0.720. The van der Waals surface area contributed by atoms with Crippen molar-refractivity contribution in [1.82, 2.24) is 15.0 Å².